The summed E-state index contributed by atoms with van der Waals surface area (Å²) in [6.07, 6.45) is 5.32. The number of nitrogens with zero attached hydrogens (tertiary/aromatic N) is 3. The molecule has 2 atom stereocenters. The number of rotatable bonds is 4. The van der Waals surface area contributed by atoms with Crippen LogP contribution in [0.5, 0.6) is 0 Å². The number of hydrogen-bond acceptors (Lipinski definition) is 2. The molecule has 2 aliphatic heterocycles. The van der Waals surface area contributed by atoms with Crippen LogP contribution < -0.4 is 0 Å². The molecule has 1 aromatic carbocycles. The van der Waals surface area contributed by atoms with Crippen molar-refractivity contribution in [2.45, 2.75) is 39.3 Å². The van der Waals surface area contributed by atoms with Crippen LogP contribution >= 0.6 is 0 Å². The molecule has 23 heavy (non-hydrogen) atoms. The minimum Gasteiger partial charge on any atom is -0.306 e. The van der Waals surface area contributed by atoms with Crippen LogP contribution in [0.3, 0.4) is 0 Å². The second-order valence-corrected chi connectivity index (χ2v) is 6.21. The van der Waals surface area contributed by atoms with Gasteiger partial charge in [0.1, 0.15) is 6.04 Å². The van der Waals surface area contributed by atoms with E-state index in [2.05, 4.69) is 6.92 Å². The van der Waals surface area contributed by atoms with Gasteiger partial charge in [0.15, 0.2) is 0 Å². The van der Waals surface area contributed by atoms with Gasteiger partial charge in [0.05, 0.1) is 0 Å². The average molecular weight is 313 g/mol. The van der Waals surface area contributed by atoms with Gasteiger partial charge >= 0.3 is 6.03 Å². The van der Waals surface area contributed by atoms with Crippen LogP contribution in [-0.2, 0) is 11.3 Å². The van der Waals surface area contributed by atoms with E-state index < -0.39 is 6.04 Å². The zero-order valence-corrected chi connectivity index (χ0v) is 13.7. The van der Waals surface area contributed by atoms with E-state index in [4.69, 9.17) is 0 Å². The molecule has 3 rings (SSSR count). The van der Waals surface area contributed by atoms with Crippen LogP contribution in [0.2, 0.25) is 0 Å². The molecule has 3 amide bonds. The molecule has 0 spiro atoms. The van der Waals surface area contributed by atoms with Gasteiger partial charge in [-0.1, -0.05) is 56.7 Å². The summed E-state index contributed by atoms with van der Waals surface area (Å²) in [5.74, 6) is 0.110. The maximum Gasteiger partial charge on any atom is 0.340 e. The zero-order valence-electron chi connectivity index (χ0n) is 13.7. The van der Waals surface area contributed by atoms with Gasteiger partial charge in [-0.25, -0.2) is 14.8 Å². The fourth-order valence-corrected chi connectivity index (χ4v) is 3.20. The molecular weight excluding hydrogens is 290 g/mol. The molecule has 122 valence electrons. The highest BCUT2D eigenvalue weighted by Crippen LogP contribution is 2.28. The van der Waals surface area contributed by atoms with Crippen molar-refractivity contribution >= 4 is 11.9 Å². The number of hydrazine groups is 1. The van der Waals surface area contributed by atoms with Gasteiger partial charge in [0, 0.05) is 19.3 Å². The molecule has 1 saturated heterocycles. The molecule has 0 aromatic heterocycles. The van der Waals surface area contributed by atoms with E-state index in [-0.39, 0.29) is 17.9 Å². The minimum absolute atomic E-state index is 0.00849. The normalized spacial score (nSPS) is 22.3. The van der Waals surface area contributed by atoms with Crippen molar-refractivity contribution in [3.8, 4) is 0 Å². The third kappa shape index (κ3) is 2.83. The van der Waals surface area contributed by atoms with Gasteiger partial charge < -0.3 is 4.90 Å². The number of hydrogen-bond donors (Lipinski definition) is 0. The summed E-state index contributed by atoms with van der Waals surface area (Å²) >= 11 is 0. The Morgan fingerprint density at radius 2 is 1.96 bits per heavy atom. The fraction of sp³-hybridized carbons (Fsp3) is 0.444. The van der Waals surface area contributed by atoms with E-state index in [1.165, 1.54) is 5.01 Å². The van der Waals surface area contributed by atoms with Gasteiger partial charge in [0.25, 0.3) is 5.91 Å². The van der Waals surface area contributed by atoms with Gasteiger partial charge in [-0.15, -0.1) is 0 Å². The SMILES string of the molecule is CCC(C)[C@H]1C(=O)N2C=CCCN2C(=O)N1Cc1ccccc1. The Labute approximate surface area is 137 Å². The topological polar surface area (TPSA) is 43.9 Å². The van der Waals surface area contributed by atoms with Crippen LogP contribution in [0, 0.1) is 5.92 Å². The lowest BCUT2D eigenvalue weighted by atomic mass is 9.95. The Hall–Kier alpha value is -2.30. The lowest BCUT2D eigenvalue weighted by Crippen LogP contribution is -2.67. The van der Waals surface area contributed by atoms with E-state index in [9.17, 15) is 9.59 Å². The van der Waals surface area contributed by atoms with Gasteiger partial charge in [-0.2, -0.15) is 0 Å². The Balaban J connectivity index is 1.94. The largest absolute Gasteiger partial charge is 0.340 e. The van der Waals surface area contributed by atoms with Crippen molar-refractivity contribution in [3.63, 3.8) is 0 Å². The molecule has 0 N–H and O–H groups in total. The summed E-state index contributed by atoms with van der Waals surface area (Å²) in [5.41, 5.74) is 1.04. The van der Waals surface area contributed by atoms with E-state index in [1.807, 2.05) is 43.3 Å². The van der Waals surface area contributed by atoms with Crippen molar-refractivity contribution < 1.29 is 9.59 Å². The lowest BCUT2D eigenvalue weighted by molar-refractivity contribution is -0.154. The average Bonchev–Trinajstić information content (AvgIpc) is 2.60. The number of urea groups is 1. The van der Waals surface area contributed by atoms with E-state index in [1.54, 1.807) is 16.1 Å². The minimum atomic E-state index is -0.410. The molecule has 1 unspecified atom stereocenters. The first-order chi connectivity index (χ1) is 11.1. The number of carbonyl (C=O) groups is 2. The summed E-state index contributed by atoms with van der Waals surface area (Å²) in [6.45, 7) is 5.12. The Kier molecular flexibility index (Phi) is 4.37. The highest BCUT2D eigenvalue weighted by molar-refractivity contribution is 5.93. The van der Waals surface area contributed by atoms with Crippen molar-refractivity contribution in [2.75, 3.05) is 6.54 Å². The number of benzene rings is 1. The first-order valence-corrected chi connectivity index (χ1v) is 8.25. The number of carbonyl (C=O) groups excluding carboxylic acids is 2. The monoisotopic (exact) mass is 313 g/mol. The van der Waals surface area contributed by atoms with Crippen molar-refractivity contribution in [3.05, 3.63) is 48.2 Å². The lowest BCUT2D eigenvalue weighted by Gasteiger charge is -2.48. The quantitative estimate of drug-likeness (QED) is 0.857. The Bertz CT molecular complexity index is 614. The van der Waals surface area contributed by atoms with Crippen molar-refractivity contribution in [1.29, 1.82) is 0 Å². The maximum absolute atomic E-state index is 13.0. The van der Waals surface area contributed by atoms with Gasteiger partial charge in [0.2, 0.25) is 0 Å². The highest BCUT2D eigenvalue weighted by atomic mass is 16.2. The third-order valence-corrected chi connectivity index (χ3v) is 4.67. The highest BCUT2D eigenvalue weighted by Gasteiger charge is 2.45. The van der Waals surface area contributed by atoms with Gasteiger partial charge in [-0.05, 0) is 17.9 Å². The summed E-state index contributed by atoms with van der Waals surface area (Å²) in [7, 11) is 0. The van der Waals surface area contributed by atoms with Crippen LogP contribution in [0.1, 0.15) is 32.3 Å². The predicted molar refractivity (Wildman–Crippen MR) is 87.9 cm³/mol. The third-order valence-electron chi connectivity index (χ3n) is 4.67. The van der Waals surface area contributed by atoms with E-state index >= 15 is 0 Å². The van der Waals surface area contributed by atoms with E-state index in [0.717, 1.165) is 18.4 Å². The van der Waals surface area contributed by atoms with Crippen molar-refractivity contribution in [1.82, 2.24) is 14.9 Å². The maximum atomic E-state index is 13.0. The molecule has 0 saturated carbocycles. The predicted octanol–water partition coefficient (Wildman–Crippen LogP) is 3.00. The summed E-state index contributed by atoms with van der Waals surface area (Å²) < 4.78 is 0. The molecule has 5 heteroatoms. The molecule has 2 heterocycles. The molecule has 1 fully saturated rings. The summed E-state index contributed by atoms with van der Waals surface area (Å²) in [4.78, 5) is 27.6. The molecule has 0 aliphatic carbocycles. The Morgan fingerprint density at radius 3 is 2.65 bits per heavy atom. The number of fused-ring (bicyclic) bond motifs is 1. The molecule has 0 radical (unpaired) electrons. The molecule has 0 bridgehead atoms. The van der Waals surface area contributed by atoms with E-state index in [0.29, 0.717) is 13.1 Å². The summed E-state index contributed by atoms with van der Waals surface area (Å²) in [6, 6.07) is 9.37. The van der Waals surface area contributed by atoms with Crippen LogP contribution in [0.4, 0.5) is 4.79 Å². The van der Waals surface area contributed by atoms with Crippen LogP contribution in [-0.4, -0.2) is 39.4 Å². The zero-order chi connectivity index (χ0) is 16.4. The van der Waals surface area contributed by atoms with Crippen LogP contribution in [0.25, 0.3) is 0 Å². The first-order valence-electron chi connectivity index (χ1n) is 8.25. The van der Waals surface area contributed by atoms with Crippen LogP contribution in [0.15, 0.2) is 42.6 Å². The van der Waals surface area contributed by atoms with Crippen molar-refractivity contribution in [2.24, 2.45) is 5.92 Å². The molecule has 1 aromatic rings. The fourth-order valence-electron chi connectivity index (χ4n) is 3.20. The summed E-state index contributed by atoms with van der Waals surface area (Å²) in [5, 5.41) is 3.06. The Morgan fingerprint density at radius 1 is 1.22 bits per heavy atom. The standard InChI is InChI=1S/C18H23N3O2/c1-3-14(2)16-17(22)20-11-7-8-12-21(20)18(23)19(16)13-15-9-5-4-6-10-15/h4-7,9-11,14,16H,3,8,12-13H2,1-2H3/t14?,16-/m0/s1. The first kappa shape index (κ1) is 15.6. The molecular formula is C18H23N3O2. The smallest absolute Gasteiger partial charge is 0.306 e. The second kappa shape index (κ2) is 6.44. The molecule has 5 nitrogen and oxygen atoms in total. The second-order valence-electron chi connectivity index (χ2n) is 6.21. The van der Waals surface area contributed by atoms with Gasteiger partial charge in [-0.3, -0.25) is 4.79 Å². The number of amides is 3. The molecule has 2 aliphatic rings.